The number of nitrogens with zero attached hydrogens (tertiary/aromatic N) is 2. The summed E-state index contributed by atoms with van der Waals surface area (Å²) in [7, 11) is 0. The molecule has 7 heteroatoms. The number of nitrogens with one attached hydrogen (secondary N) is 1. The van der Waals surface area contributed by atoms with Crippen molar-refractivity contribution in [2.45, 2.75) is 6.92 Å². The number of benzene rings is 1. The third kappa shape index (κ3) is 3.75. The van der Waals surface area contributed by atoms with E-state index in [2.05, 4.69) is 5.32 Å². The summed E-state index contributed by atoms with van der Waals surface area (Å²) in [6.07, 6.45) is 0. The lowest BCUT2D eigenvalue weighted by atomic mass is 10.1. The van der Waals surface area contributed by atoms with Gasteiger partial charge in [0.25, 0.3) is 5.91 Å². The first-order chi connectivity index (χ1) is 10.5. The highest BCUT2D eigenvalue weighted by Gasteiger charge is 2.22. The van der Waals surface area contributed by atoms with E-state index in [1.807, 2.05) is 0 Å². The molecule has 0 spiro atoms. The lowest BCUT2D eigenvalue weighted by Gasteiger charge is -2.34. The monoisotopic (exact) mass is 304 g/mol. The molecule has 3 amide bonds. The zero-order chi connectivity index (χ0) is 16.1. The Morgan fingerprint density at radius 2 is 1.68 bits per heavy atom. The van der Waals surface area contributed by atoms with E-state index < -0.39 is 5.91 Å². The van der Waals surface area contributed by atoms with E-state index in [0.29, 0.717) is 37.4 Å². The molecule has 1 aromatic carbocycles. The summed E-state index contributed by atoms with van der Waals surface area (Å²) in [4.78, 5) is 38.2. The van der Waals surface area contributed by atoms with Crippen molar-refractivity contribution in [1.29, 1.82) is 0 Å². The van der Waals surface area contributed by atoms with Gasteiger partial charge in [-0.25, -0.2) is 0 Å². The number of para-hydroxylation sites is 1. The molecule has 1 saturated heterocycles. The topological polar surface area (TPSA) is 95.7 Å². The number of anilines is 1. The highest BCUT2D eigenvalue weighted by molar-refractivity contribution is 5.99. The third-order valence-electron chi connectivity index (χ3n) is 3.70. The number of rotatable bonds is 4. The van der Waals surface area contributed by atoms with Crippen molar-refractivity contribution in [2.75, 3.05) is 38.0 Å². The summed E-state index contributed by atoms with van der Waals surface area (Å²) in [6.45, 7) is 3.77. The van der Waals surface area contributed by atoms with Crippen molar-refractivity contribution in [3.05, 3.63) is 29.8 Å². The smallest absolute Gasteiger partial charge is 0.250 e. The van der Waals surface area contributed by atoms with Gasteiger partial charge < -0.3 is 20.9 Å². The van der Waals surface area contributed by atoms with Crippen LogP contribution >= 0.6 is 0 Å². The third-order valence-corrected chi connectivity index (χ3v) is 3.70. The Morgan fingerprint density at radius 1 is 1.09 bits per heavy atom. The van der Waals surface area contributed by atoms with Crippen LogP contribution in [0.15, 0.2) is 24.3 Å². The number of hydrogen-bond donors (Lipinski definition) is 2. The number of hydrogen-bond acceptors (Lipinski definition) is 4. The van der Waals surface area contributed by atoms with Crippen LogP contribution in [0.3, 0.4) is 0 Å². The second-order valence-electron chi connectivity index (χ2n) is 5.15. The SMILES string of the molecule is CC(=O)N1CCN(C(=O)CNc2ccccc2C(N)=O)CC1. The van der Waals surface area contributed by atoms with E-state index in [1.54, 1.807) is 34.1 Å². The fraction of sp³-hybridized carbons (Fsp3) is 0.400. The second-order valence-corrected chi connectivity index (χ2v) is 5.15. The van der Waals surface area contributed by atoms with Crippen molar-refractivity contribution in [2.24, 2.45) is 5.73 Å². The molecule has 0 aliphatic carbocycles. The average Bonchev–Trinajstić information content (AvgIpc) is 2.52. The summed E-state index contributed by atoms with van der Waals surface area (Å²) in [6, 6.07) is 6.81. The van der Waals surface area contributed by atoms with Crippen LogP contribution < -0.4 is 11.1 Å². The first-order valence-corrected chi connectivity index (χ1v) is 7.15. The second kappa shape index (κ2) is 6.93. The van der Waals surface area contributed by atoms with Crippen LogP contribution in [0, 0.1) is 0 Å². The van der Waals surface area contributed by atoms with Crippen LogP contribution in [-0.4, -0.2) is 60.2 Å². The molecule has 7 nitrogen and oxygen atoms in total. The number of piperazine rings is 1. The molecule has 1 aromatic rings. The number of nitrogens with two attached hydrogens (primary N) is 1. The molecule has 0 aromatic heterocycles. The highest BCUT2D eigenvalue weighted by atomic mass is 16.2. The highest BCUT2D eigenvalue weighted by Crippen LogP contribution is 2.14. The van der Waals surface area contributed by atoms with Gasteiger partial charge in [0.1, 0.15) is 0 Å². The van der Waals surface area contributed by atoms with Gasteiger partial charge in [-0.3, -0.25) is 14.4 Å². The van der Waals surface area contributed by atoms with Gasteiger partial charge in [-0.05, 0) is 12.1 Å². The Kier molecular flexibility index (Phi) is 4.98. The molecule has 2 rings (SSSR count). The minimum absolute atomic E-state index is 0.0283. The first kappa shape index (κ1) is 15.8. The molecule has 1 heterocycles. The molecule has 0 unspecified atom stereocenters. The molecule has 0 saturated carbocycles. The van der Waals surface area contributed by atoms with Crippen LogP contribution in [0.2, 0.25) is 0 Å². The van der Waals surface area contributed by atoms with Crippen molar-refractivity contribution in [3.8, 4) is 0 Å². The Morgan fingerprint density at radius 3 is 2.27 bits per heavy atom. The van der Waals surface area contributed by atoms with E-state index in [4.69, 9.17) is 5.73 Å². The maximum atomic E-state index is 12.2. The van der Waals surface area contributed by atoms with Crippen LogP contribution in [0.5, 0.6) is 0 Å². The predicted octanol–water partition coefficient (Wildman–Crippen LogP) is -0.112. The van der Waals surface area contributed by atoms with Gasteiger partial charge in [-0.1, -0.05) is 12.1 Å². The predicted molar refractivity (Wildman–Crippen MR) is 82.3 cm³/mol. The van der Waals surface area contributed by atoms with Crippen LogP contribution in [-0.2, 0) is 9.59 Å². The van der Waals surface area contributed by atoms with Crippen molar-refractivity contribution in [3.63, 3.8) is 0 Å². The Bertz CT molecular complexity index is 580. The van der Waals surface area contributed by atoms with E-state index >= 15 is 0 Å². The standard InChI is InChI=1S/C15H20N4O3/c1-11(20)18-6-8-19(9-7-18)14(21)10-17-13-5-3-2-4-12(13)15(16)22/h2-5,17H,6-10H2,1H3,(H2,16,22). The number of amides is 3. The Balaban J connectivity index is 1.89. The van der Waals surface area contributed by atoms with Gasteiger partial charge in [0.15, 0.2) is 0 Å². The summed E-state index contributed by atoms with van der Waals surface area (Å²) < 4.78 is 0. The maximum Gasteiger partial charge on any atom is 0.250 e. The van der Waals surface area contributed by atoms with Crippen LogP contribution in [0.1, 0.15) is 17.3 Å². The maximum absolute atomic E-state index is 12.2. The van der Waals surface area contributed by atoms with E-state index in [0.717, 1.165) is 0 Å². The molecule has 22 heavy (non-hydrogen) atoms. The molecule has 1 fully saturated rings. The van der Waals surface area contributed by atoms with Crippen molar-refractivity contribution in [1.82, 2.24) is 9.80 Å². The zero-order valence-electron chi connectivity index (χ0n) is 12.5. The van der Waals surface area contributed by atoms with Crippen LogP contribution in [0.4, 0.5) is 5.69 Å². The van der Waals surface area contributed by atoms with Crippen molar-refractivity contribution >= 4 is 23.4 Å². The quantitative estimate of drug-likeness (QED) is 0.811. The molecule has 0 atom stereocenters. The fourth-order valence-corrected chi connectivity index (χ4v) is 2.41. The Labute approximate surface area is 129 Å². The zero-order valence-corrected chi connectivity index (χ0v) is 12.5. The fourth-order valence-electron chi connectivity index (χ4n) is 2.41. The van der Waals surface area contributed by atoms with Gasteiger partial charge in [0.05, 0.1) is 12.1 Å². The van der Waals surface area contributed by atoms with E-state index in [-0.39, 0.29) is 18.4 Å². The molecule has 0 radical (unpaired) electrons. The summed E-state index contributed by atoms with van der Waals surface area (Å²) in [5, 5.41) is 2.95. The van der Waals surface area contributed by atoms with Gasteiger partial charge >= 0.3 is 0 Å². The van der Waals surface area contributed by atoms with Crippen molar-refractivity contribution < 1.29 is 14.4 Å². The van der Waals surface area contributed by atoms with Crippen LogP contribution in [0.25, 0.3) is 0 Å². The first-order valence-electron chi connectivity index (χ1n) is 7.15. The molecular formula is C15H20N4O3. The van der Waals surface area contributed by atoms with Gasteiger partial charge in [0, 0.05) is 38.8 Å². The largest absolute Gasteiger partial charge is 0.376 e. The summed E-state index contributed by atoms with van der Waals surface area (Å²) >= 11 is 0. The Hall–Kier alpha value is -2.57. The molecule has 1 aliphatic rings. The number of carbonyl (C=O) groups is 3. The molecular weight excluding hydrogens is 284 g/mol. The number of primary amides is 1. The minimum Gasteiger partial charge on any atom is -0.376 e. The summed E-state index contributed by atoms with van der Waals surface area (Å²) in [5.74, 6) is -0.575. The van der Waals surface area contributed by atoms with Gasteiger partial charge in [-0.15, -0.1) is 0 Å². The minimum atomic E-state index is -0.536. The van der Waals surface area contributed by atoms with Gasteiger partial charge in [-0.2, -0.15) is 0 Å². The molecule has 3 N–H and O–H groups in total. The normalized spacial score (nSPS) is 14.6. The van der Waals surface area contributed by atoms with E-state index in [1.165, 1.54) is 6.92 Å². The van der Waals surface area contributed by atoms with E-state index in [9.17, 15) is 14.4 Å². The van der Waals surface area contributed by atoms with Gasteiger partial charge in [0.2, 0.25) is 11.8 Å². The molecule has 0 bridgehead atoms. The number of carbonyl (C=O) groups excluding carboxylic acids is 3. The average molecular weight is 304 g/mol. The lowest BCUT2D eigenvalue weighted by molar-refractivity contribution is -0.137. The molecule has 118 valence electrons. The molecule has 1 aliphatic heterocycles. The summed E-state index contributed by atoms with van der Waals surface area (Å²) in [5.41, 5.74) is 6.20. The lowest BCUT2D eigenvalue weighted by Crippen LogP contribution is -2.51.